The van der Waals surface area contributed by atoms with Crippen LogP contribution in [0, 0.1) is 17.3 Å². The van der Waals surface area contributed by atoms with Gasteiger partial charge in [0.2, 0.25) is 0 Å². The number of likely N-dealkylation sites (tertiary alicyclic amines) is 1. The Morgan fingerprint density at radius 2 is 1.90 bits per heavy atom. The lowest BCUT2D eigenvalue weighted by molar-refractivity contribution is -0.142. The van der Waals surface area contributed by atoms with Crippen molar-refractivity contribution in [3.8, 4) is 0 Å². The van der Waals surface area contributed by atoms with Crippen LogP contribution in [-0.2, 0) is 4.79 Å². The van der Waals surface area contributed by atoms with Crippen LogP contribution in [0.25, 0.3) is 0 Å². The summed E-state index contributed by atoms with van der Waals surface area (Å²) in [5.41, 5.74) is 0.214. The van der Waals surface area contributed by atoms with Crippen molar-refractivity contribution in [2.45, 2.75) is 46.0 Å². The van der Waals surface area contributed by atoms with Gasteiger partial charge in [-0.15, -0.1) is 0 Å². The quantitative estimate of drug-likeness (QED) is 0.834. The molecule has 0 aromatic carbocycles. The smallest absolute Gasteiger partial charge is 0.317 e. The molecule has 2 fully saturated rings. The summed E-state index contributed by atoms with van der Waals surface area (Å²) in [7, 11) is 0. The first-order valence-corrected chi connectivity index (χ1v) is 7.67. The first-order valence-electron chi connectivity index (χ1n) is 7.67. The van der Waals surface area contributed by atoms with Crippen LogP contribution in [0.5, 0.6) is 0 Å². The zero-order valence-electron chi connectivity index (χ0n) is 12.5. The highest BCUT2D eigenvalue weighted by molar-refractivity contribution is 5.77. The summed E-state index contributed by atoms with van der Waals surface area (Å²) in [5.74, 6) is -1.19. The maximum absolute atomic E-state index is 12.2. The highest BCUT2D eigenvalue weighted by Gasteiger charge is 2.37. The molecule has 0 aromatic rings. The summed E-state index contributed by atoms with van der Waals surface area (Å²) in [4.78, 5) is 24.9. The maximum Gasteiger partial charge on any atom is 0.317 e. The molecule has 20 heavy (non-hydrogen) atoms. The largest absolute Gasteiger partial charge is 0.481 e. The second-order valence-corrected chi connectivity index (χ2v) is 6.86. The fourth-order valence-corrected chi connectivity index (χ4v) is 3.44. The monoisotopic (exact) mass is 282 g/mol. The molecule has 1 heterocycles. The summed E-state index contributed by atoms with van der Waals surface area (Å²) in [6.45, 7) is 5.71. The van der Waals surface area contributed by atoms with Gasteiger partial charge in [-0.2, -0.15) is 0 Å². The Bertz CT molecular complexity index is 377. The molecule has 2 rings (SSSR count). The van der Waals surface area contributed by atoms with Crippen LogP contribution in [-0.4, -0.2) is 41.6 Å². The molecular formula is C15H26N2O3. The van der Waals surface area contributed by atoms with Crippen LogP contribution in [0.3, 0.4) is 0 Å². The van der Waals surface area contributed by atoms with E-state index in [2.05, 4.69) is 12.2 Å². The Hall–Kier alpha value is -1.26. The third kappa shape index (κ3) is 3.44. The highest BCUT2D eigenvalue weighted by atomic mass is 16.4. The van der Waals surface area contributed by atoms with E-state index in [9.17, 15) is 9.59 Å². The van der Waals surface area contributed by atoms with Gasteiger partial charge < -0.3 is 15.3 Å². The van der Waals surface area contributed by atoms with E-state index in [0.29, 0.717) is 19.6 Å². The van der Waals surface area contributed by atoms with Crippen LogP contribution >= 0.6 is 0 Å². The zero-order valence-corrected chi connectivity index (χ0v) is 12.5. The van der Waals surface area contributed by atoms with E-state index in [1.807, 2.05) is 6.92 Å². The third-order valence-corrected chi connectivity index (χ3v) is 4.94. The summed E-state index contributed by atoms with van der Waals surface area (Å²) in [6.07, 6.45) is 6.12. The minimum atomic E-state index is -0.799. The average molecular weight is 282 g/mol. The Balaban J connectivity index is 1.82. The van der Waals surface area contributed by atoms with Gasteiger partial charge in [0, 0.05) is 19.6 Å². The van der Waals surface area contributed by atoms with E-state index in [1.165, 1.54) is 32.1 Å². The molecule has 1 aliphatic carbocycles. The number of aliphatic carboxylic acids is 1. The van der Waals surface area contributed by atoms with Crippen molar-refractivity contribution in [3.63, 3.8) is 0 Å². The van der Waals surface area contributed by atoms with Gasteiger partial charge in [-0.1, -0.05) is 33.1 Å². The number of carboxylic acid groups (broad SMARTS) is 1. The summed E-state index contributed by atoms with van der Waals surface area (Å²) >= 11 is 0. The second kappa shape index (κ2) is 6.02. The lowest BCUT2D eigenvalue weighted by Crippen LogP contribution is -2.44. The van der Waals surface area contributed by atoms with E-state index in [4.69, 9.17) is 5.11 Å². The standard InChI is InChI=1S/C15H26N2O3/c1-11-8-17(9-12(11)13(18)19)14(20)16-10-15(2)6-4-3-5-7-15/h11-12H,3-10H2,1-2H3,(H,16,20)(H,18,19). The number of amides is 2. The number of carboxylic acids is 1. The predicted octanol–water partition coefficient (Wildman–Crippen LogP) is 2.32. The van der Waals surface area contributed by atoms with Gasteiger partial charge in [0.15, 0.2) is 0 Å². The van der Waals surface area contributed by atoms with Crippen molar-refractivity contribution in [1.29, 1.82) is 0 Å². The van der Waals surface area contributed by atoms with Crippen molar-refractivity contribution in [2.24, 2.45) is 17.3 Å². The zero-order chi connectivity index (χ0) is 14.8. The minimum absolute atomic E-state index is 0.0310. The van der Waals surface area contributed by atoms with Gasteiger partial charge in [-0.3, -0.25) is 4.79 Å². The summed E-state index contributed by atoms with van der Waals surface area (Å²) in [6, 6.07) is -0.104. The average Bonchev–Trinajstić information content (AvgIpc) is 2.79. The molecule has 5 nitrogen and oxygen atoms in total. The van der Waals surface area contributed by atoms with E-state index >= 15 is 0 Å². The van der Waals surface area contributed by atoms with Crippen LogP contribution in [0.15, 0.2) is 0 Å². The fourth-order valence-electron chi connectivity index (χ4n) is 3.44. The molecule has 0 radical (unpaired) electrons. The van der Waals surface area contributed by atoms with Gasteiger partial charge >= 0.3 is 12.0 Å². The molecule has 1 aliphatic heterocycles. The van der Waals surface area contributed by atoms with Gasteiger partial charge in [0.25, 0.3) is 0 Å². The molecule has 0 bridgehead atoms. The number of nitrogens with one attached hydrogen (secondary N) is 1. The Labute approximate surface area is 120 Å². The molecule has 2 unspecified atom stereocenters. The summed E-state index contributed by atoms with van der Waals surface area (Å²) < 4.78 is 0. The summed E-state index contributed by atoms with van der Waals surface area (Å²) in [5, 5.41) is 12.1. The van der Waals surface area contributed by atoms with Crippen molar-refractivity contribution < 1.29 is 14.7 Å². The highest BCUT2D eigenvalue weighted by Crippen LogP contribution is 2.35. The molecule has 5 heteroatoms. The van der Waals surface area contributed by atoms with Crippen molar-refractivity contribution >= 4 is 12.0 Å². The number of urea groups is 1. The molecule has 2 N–H and O–H groups in total. The molecule has 2 amide bonds. The third-order valence-electron chi connectivity index (χ3n) is 4.94. The van der Waals surface area contributed by atoms with E-state index in [0.717, 1.165) is 0 Å². The Morgan fingerprint density at radius 3 is 2.45 bits per heavy atom. The van der Waals surface area contributed by atoms with Crippen molar-refractivity contribution in [1.82, 2.24) is 10.2 Å². The Kier molecular flexibility index (Phi) is 4.55. The van der Waals surface area contributed by atoms with Gasteiger partial charge in [-0.05, 0) is 24.2 Å². The van der Waals surface area contributed by atoms with E-state index < -0.39 is 11.9 Å². The normalized spacial score (nSPS) is 29.2. The van der Waals surface area contributed by atoms with E-state index in [1.54, 1.807) is 4.90 Å². The molecule has 1 saturated carbocycles. The number of carbonyl (C=O) groups is 2. The predicted molar refractivity (Wildman–Crippen MR) is 76.5 cm³/mol. The molecular weight excluding hydrogens is 256 g/mol. The minimum Gasteiger partial charge on any atom is -0.481 e. The molecule has 1 saturated heterocycles. The number of rotatable bonds is 3. The second-order valence-electron chi connectivity index (χ2n) is 6.86. The number of nitrogens with zero attached hydrogens (tertiary/aromatic N) is 1. The van der Waals surface area contributed by atoms with Gasteiger partial charge in [-0.25, -0.2) is 4.79 Å². The Morgan fingerprint density at radius 1 is 1.25 bits per heavy atom. The SMILES string of the molecule is CC1CN(C(=O)NCC2(C)CCCCC2)CC1C(=O)O. The van der Waals surface area contributed by atoms with Crippen LogP contribution in [0.2, 0.25) is 0 Å². The molecule has 114 valence electrons. The van der Waals surface area contributed by atoms with Crippen LogP contribution in [0.1, 0.15) is 46.0 Å². The maximum atomic E-state index is 12.2. The topological polar surface area (TPSA) is 69.6 Å². The van der Waals surface area contributed by atoms with Crippen molar-refractivity contribution in [2.75, 3.05) is 19.6 Å². The molecule has 0 aromatic heterocycles. The lowest BCUT2D eigenvalue weighted by atomic mass is 9.76. The van der Waals surface area contributed by atoms with Crippen molar-refractivity contribution in [3.05, 3.63) is 0 Å². The first kappa shape index (κ1) is 15.1. The fraction of sp³-hybridized carbons (Fsp3) is 0.867. The van der Waals surface area contributed by atoms with Crippen LogP contribution < -0.4 is 5.32 Å². The van der Waals surface area contributed by atoms with E-state index in [-0.39, 0.29) is 17.4 Å². The van der Waals surface area contributed by atoms with Gasteiger partial charge in [0.1, 0.15) is 0 Å². The van der Waals surface area contributed by atoms with Crippen LogP contribution in [0.4, 0.5) is 4.79 Å². The number of carbonyl (C=O) groups excluding carboxylic acids is 1. The van der Waals surface area contributed by atoms with Gasteiger partial charge in [0.05, 0.1) is 5.92 Å². The molecule has 0 spiro atoms. The molecule has 2 aliphatic rings. The lowest BCUT2D eigenvalue weighted by Gasteiger charge is -2.34. The number of hydrogen-bond donors (Lipinski definition) is 2. The number of hydrogen-bond acceptors (Lipinski definition) is 2. The first-order chi connectivity index (χ1) is 9.41. The molecule has 2 atom stereocenters.